The fourth-order valence-electron chi connectivity index (χ4n) is 2.67. The lowest BCUT2D eigenvalue weighted by Gasteiger charge is -2.33. The number of methoxy groups -OCH3 is 1. The van der Waals surface area contributed by atoms with E-state index in [1.54, 1.807) is 7.11 Å². The Kier molecular flexibility index (Phi) is 2.82. The number of benzene rings is 2. The fraction of sp³-hybridized carbons (Fsp3) is 0.312. The van der Waals surface area contributed by atoms with Crippen LogP contribution >= 0.6 is 0 Å². The molecule has 0 spiro atoms. The molecule has 4 nitrogen and oxygen atoms in total. The Bertz CT molecular complexity index is 695. The van der Waals surface area contributed by atoms with E-state index >= 15 is 0 Å². The second kappa shape index (κ2) is 4.40. The minimum Gasteiger partial charge on any atom is -0.497 e. The molecule has 0 aromatic heterocycles. The zero-order valence-electron chi connectivity index (χ0n) is 12.1. The Hall–Kier alpha value is -2.23. The summed E-state index contributed by atoms with van der Waals surface area (Å²) in [5.74, 6) is 1.48. The maximum absolute atomic E-state index is 5.90. The van der Waals surface area contributed by atoms with Crippen LogP contribution in [-0.4, -0.2) is 31.6 Å². The summed E-state index contributed by atoms with van der Waals surface area (Å²) < 4.78 is 5.26. The zero-order valence-corrected chi connectivity index (χ0v) is 12.1. The average molecular weight is 269 g/mol. The maximum atomic E-state index is 5.90. The minimum atomic E-state index is -0.168. The van der Waals surface area contributed by atoms with Crippen LogP contribution in [0.15, 0.2) is 41.4 Å². The van der Waals surface area contributed by atoms with E-state index in [1.807, 2.05) is 24.1 Å². The van der Waals surface area contributed by atoms with E-state index in [0.717, 1.165) is 5.75 Å². The van der Waals surface area contributed by atoms with Gasteiger partial charge in [0.1, 0.15) is 5.75 Å². The number of rotatable bonds is 2. The predicted molar refractivity (Wildman–Crippen MR) is 82.1 cm³/mol. The molecule has 4 heteroatoms. The first-order valence-electron chi connectivity index (χ1n) is 6.66. The number of nitrogens with two attached hydrogens (primary N) is 1. The van der Waals surface area contributed by atoms with Crippen molar-refractivity contribution in [3.63, 3.8) is 0 Å². The van der Waals surface area contributed by atoms with Gasteiger partial charge in [-0.15, -0.1) is 0 Å². The normalized spacial score (nSPS) is 22.1. The monoisotopic (exact) mass is 269 g/mol. The zero-order chi connectivity index (χ0) is 14.3. The summed E-state index contributed by atoms with van der Waals surface area (Å²) in [7, 11) is 3.67. The molecule has 0 bridgehead atoms. The van der Waals surface area contributed by atoms with Gasteiger partial charge in [-0.1, -0.05) is 18.2 Å². The number of hydrogen-bond donors (Lipinski definition) is 1. The third kappa shape index (κ3) is 1.80. The van der Waals surface area contributed by atoms with E-state index in [0.29, 0.717) is 12.5 Å². The highest BCUT2D eigenvalue weighted by Gasteiger charge is 2.37. The first kappa shape index (κ1) is 12.8. The van der Waals surface area contributed by atoms with Gasteiger partial charge in [0.2, 0.25) is 0 Å². The molecule has 0 saturated heterocycles. The highest BCUT2D eigenvalue weighted by Crippen LogP contribution is 2.33. The van der Waals surface area contributed by atoms with Gasteiger partial charge in [-0.25, -0.2) is 0 Å². The van der Waals surface area contributed by atoms with Gasteiger partial charge in [-0.3, -0.25) is 4.99 Å². The lowest BCUT2D eigenvalue weighted by atomic mass is 9.90. The summed E-state index contributed by atoms with van der Waals surface area (Å²) in [6.45, 7) is 2.86. The fourth-order valence-corrected chi connectivity index (χ4v) is 2.67. The molecule has 0 fully saturated rings. The van der Waals surface area contributed by atoms with Crippen molar-refractivity contribution < 1.29 is 4.74 Å². The largest absolute Gasteiger partial charge is 0.497 e. The molecular formula is C16H19N3O. The second-order valence-corrected chi connectivity index (χ2v) is 5.44. The van der Waals surface area contributed by atoms with Gasteiger partial charge in [-0.2, -0.15) is 0 Å². The van der Waals surface area contributed by atoms with Crippen LogP contribution in [0.25, 0.3) is 10.8 Å². The van der Waals surface area contributed by atoms with Gasteiger partial charge in [0.15, 0.2) is 5.96 Å². The molecule has 1 heterocycles. The Morgan fingerprint density at radius 1 is 1.20 bits per heavy atom. The van der Waals surface area contributed by atoms with Gasteiger partial charge >= 0.3 is 0 Å². The highest BCUT2D eigenvalue weighted by molar-refractivity contribution is 5.86. The number of aliphatic imine (C=N–C) groups is 1. The van der Waals surface area contributed by atoms with Crippen LogP contribution in [0.5, 0.6) is 5.75 Å². The lowest BCUT2D eigenvalue weighted by molar-refractivity contribution is 0.267. The van der Waals surface area contributed by atoms with Crippen molar-refractivity contribution in [1.82, 2.24) is 4.90 Å². The van der Waals surface area contributed by atoms with E-state index in [2.05, 4.69) is 36.2 Å². The molecule has 3 rings (SSSR count). The SMILES string of the molecule is COc1ccc2cc(C3(C)CN=C(N)N3C)ccc2c1. The van der Waals surface area contributed by atoms with Crippen LogP contribution in [0.3, 0.4) is 0 Å². The average Bonchev–Trinajstić information content (AvgIpc) is 2.75. The van der Waals surface area contributed by atoms with Crippen molar-refractivity contribution in [1.29, 1.82) is 0 Å². The molecule has 104 valence electrons. The van der Waals surface area contributed by atoms with Gasteiger partial charge < -0.3 is 15.4 Å². The predicted octanol–water partition coefficient (Wildman–Crippen LogP) is 2.32. The van der Waals surface area contributed by atoms with E-state index in [-0.39, 0.29) is 5.54 Å². The van der Waals surface area contributed by atoms with Crippen molar-refractivity contribution in [3.05, 3.63) is 42.0 Å². The number of nitrogens with zero attached hydrogens (tertiary/aromatic N) is 2. The van der Waals surface area contributed by atoms with Crippen molar-refractivity contribution >= 4 is 16.7 Å². The first-order chi connectivity index (χ1) is 9.54. The summed E-state index contributed by atoms with van der Waals surface area (Å²) >= 11 is 0. The van der Waals surface area contributed by atoms with E-state index in [1.165, 1.54) is 16.3 Å². The molecule has 0 radical (unpaired) electrons. The first-order valence-corrected chi connectivity index (χ1v) is 6.66. The van der Waals surface area contributed by atoms with Crippen molar-refractivity contribution in [2.45, 2.75) is 12.5 Å². The summed E-state index contributed by atoms with van der Waals surface area (Å²) in [6.07, 6.45) is 0. The molecule has 20 heavy (non-hydrogen) atoms. The molecule has 0 aliphatic carbocycles. The number of guanidine groups is 1. The standard InChI is InChI=1S/C16H19N3O/c1-16(10-18-15(17)19(16)2)13-6-4-12-9-14(20-3)7-5-11(12)8-13/h4-9H,10H2,1-3H3,(H2,17,18). The Labute approximate surface area is 118 Å². The van der Waals surface area contributed by atoms with Gasteiger partial charge in [0.25, 0.3) is 0 Å². The summed E-state index contributed by atoms with van der Waals surface area (Å²) in [5, 5.41) is 2.37. The molecule has 2 N–H and O–H groups in total. The minimum absolute atomic E-state index is 0.168. The number of fused-ring (bicyclic) bond motifs is 1. The van der Waals surface area contributed by atoms with E-state index in [4.69, 9.17) is 10.5 Å². The van der Waals surface area contributed by atoms with Crippen LogP contribution in [0, 0.1) is 0 Å². The van der Waals surface area contributed by atoms with Gasteiger partial charge in [-0.05, 0) is 41.5 Å². The quantitative estimate of drug-likeness (QED) is 0.910. The van der Waals surface area contributed by atoms with Crippen molar-refractivity contribution in [3.8, 4) is 5.75 Å². The van der Waals surface area contributed by atoms with Crippen LogP contribution in [0.4, 0.5) is 0 Å². The van der Waals surface area contributed by atoms with Crippen LogP contribution in [-0.2, 0) is 5.54 Å². The van der Waals surface area contributed by atoms with Crippen LogP contribution in [0.2, 0.25) is 0 Å². The highest BCUT2D eigenvalue weighted by atomic mass is 16.5. The third-order valence-corrected chi connectivity index (χ3v) is 4.30. The van der Waals surface area contributed by atoms with Crippen LogP contribution in [0.1, 0.15) is 12.5 Å². The molecule has 0 amide bonds. The lowest BCUT2D eigenvalue weighted by Crippen LogP contribution is -2.44. The number of likely N-dealkylation sites (N-methyl/N-ethyl adjacent to an activating group) is 1. The Balaban J connectivity index is 2.06. The second-order valence-electron chi connectivity index (χ2n) is 5.44. The molecule has 1 aliphatic heterocycles. The Morgan fingerprint density at radius 3 is 2.55 bits per heavy atom. The summed E-state index contributed by atoms with van der Waals surface area (Å²) in [6, 6.07) is 12.6. The molecule has 1 unspecified atom stereocenters. The van der Waals surface area contributed by atoms with Crippen LogP contribution < -0.4 is 10.5 Å². The molecule has 2 aromatic rings. The number of ether oxygens (including phenoxy) is 1. The van der Waals surface area contributed by atoms with E-state index < -0.39 is 0 Å². The smallest absolute Gasteiger partial charge is 0.191 e. The summed E-state index contributed by atoms with van der Waals surface area (Å²) in [5.41, 5.74) is 6.96. The molecule has 1 aliphatic rings. The Morgan fingerprint density at radius 2 is 1.90 bits per heavy atom. The molecule has 0 saturated carbocycles. The molecule has 2 aromatic carbocycles. The molecule has 1 atom stereocenters. The topological polar surface area (TPSA) is 50.9 Å². The van der Waals surface area contributed by atoms with Crippen molar-refractivity contribution in [2.75, 3.05) is 20.7 Å². The summed E-state index contributed by atoms with van der Waals surface area (Å²) in [4.78, 5) is 6.39. The third-order valence-electron chi connectivity index (χ3n) is 4.30. The number of hydrogen-bond acceptors (Lipinski definition) is 4. The van der Waals surface area contributed by atoms with Gasteiger partial charge in [0, 0.05) is 7.05 Å². The van der Waals surface area contributed by atoms with Gasteiger partial charge in [0.05, 0.1) is 19.2 Å². The van der Waals surface area contributed by atoms with Crippen molar-refractivity contribution in [2.24, 2.45) is 10.7 Å². The van der Waals surface area contributed by atoms with E-state index in [9.17, 15) is 0 Å². The molecular weight excluding hydrogens is 250 g/mol. The maximum Gasteiger partial charge on any atom is 0.191 e.